The van der Waals surface area contributed by atoms with Crippen molar-refractivity contribution >= 4 is 29.0 Å². The Balaban J connectivity index is 1.66. The van der Waals surface area contributed by atoms with Crippen molar-refractivity contribution in [3.63, 3.8) is 0 Å². The number of carbonyl (C=O) groups is 1. The molecule has 0 bridgehead atoms. The van der Waals surface area contributed by atoms with Crippen molar-refractivity contribution in [3.8, 4) is 0 Å². The molecule has 0 aliphatic rings. The van der Waals surface area contributed by atoms with Gasteiger partial charge < -0.3 is 15.2 Å². The van der Waals surface area contributed by atoms with Crippen molar-refractivity contribution in [1.82, 2.24) is 9.13 Å². The highest BCUT2D eigenvalue weighted by Gasteiger charge is 2.05. The van der Waals surface area contributed by atoms with Crippen molar-refractivity contribution in [2.75, 3.05) is 10.6 Å². The molecule has 1 aromatic heterocycles. The van der Waals surface area contributed by atoms with Gasteiger partial charge in [-0.25, -0.2) is 4.79 Å². The van der Waals surface area contributed by atoms with Crippen molar-refractivity contribution in [2.24, 2.45) is 14.1 Å². The molecule has 0 radical (unpaired) electrons. The van der Waals surface area contributed by atoms with E-state index in [1.807, 2.05) is 42.5 Å². The zero-order valence-corrected chi connectivity index (χ0v) is 15.5. The summed E-state index contributed by atoms with van der Waals surface area (Å²) in [6, 6.07) is 17.0. The number of anilines is 3. The lowest BCUT2D eigenvalue weighted by atomic mass is 10.2. The number of amides is 1. The van der Waals surface area contributed by atoms with Crippen molar-refractivity contribution in [2.45, 2.75) is 0 Å². The number of nitrogens with zero attached hydrogens (tertiary/aromatic N) is 2. The van der Waals surface area contributed by atoms with E-state index < -0.39 is 11.2 Å². The Morgan fingerprint density at radius 1 is 0.893 bits per heavy atom. The Bertz CT molecular complexity index is 1130. The first-order valence-corrected chi connectivity index (χ1v) is 8.62. The third-order valence-electron chi connectivity index (χ3n) is 4.10. The van der Waals surface area contributed by atoms with Gasteiger partial charge in [0, 0.05) is 43.4 Å². The summed E-state index contributed by atoms with van der Waals surface area (Å²) in [5.41, 5.74) is 1.87. The maximum atomic E-state index is 12.1. The van der Waals surface area contributed by atoms with Crippen LogP contribution in [0.4, 0.5) is 17.1 Å². The number of rotatable bonds is 5. The van der Waals surface area contributed by atoms with Crippen LogP contribution in [0, 0.1) is 0 Å². The molecule has 0 saturated carbocycles. The average Bonchev–Trinajstić information content (AvgIpc) is 2.70. The van der Waals surface area contributed by atoms with Crippen LogP contribution in [0.5, 0.6) is 0 Å². The molecule has 3 aromatic rings. The Labute approximate surface area is 161 Å². The van der Waals surface area contributed by atoms with Crippen molar-refractivity contribution < 1.29 is 4.79 Å². The molecular formula is C21H20N4O3. The molecule has 2 N–H and O–H groups in total. The molecule has 0 saturated heterocycles. The molecule has 2 aromatic carbocycles. The van der Waals surface area contributed by atoms with Crippen LogP contribution in [0.1, 0.15) is 5.56 Å². The highest BCUT2D eigenvalue weighted by Crippen LogP contribution is 2.18. The van der Waals surface area contributed by atoms with Gasteiger partial charge in [0.1, 0.15) is 0 Å². The smallest absolute Gasteiger partial charge is 0.330 e. The number of para-hydroxylation sites is 1. The van der Waals surface area contributed by atoms with E-state index in [-0.39, 0.29) is 11.5 Å². The number of hydrogen-bond acceptors (Lipinski definition) is 4. The Hall–Kier alpha value is -3.87. The molecule has 142 valence electrons. The monoisotopic (exact) mass is 376 g/mol. The second-order valence-electron chi connectivity index (χ2n) is 6.23. The van der Waals surface area contributed by atoms with Gasteiger partial charge in [0.05, 0.1) is 5.56 Å². The standard InChI is InChI=1S/C21H20N4O3/c1-24-14-15(20(27)25(2)21(24)28)8-13-19(26)23-18-11-9-17(10-12-18)22-16-6-4-3-5-7-16/h3-14,22H,1-2H3,(H,23,26)/b13-8+. The van der Waals surface area contributed by atoms with Crippen molar-refractivity contribution in [1.29, 1.82) is 0 Å². The average molecular weight is 376 g/mol. The lowest BCUT2D eigenvalue weighted by Crippen LogP contribution is -2.37. The highest BCUT2D eigenvalue weighted by atomic mass is 16.2. The predicted octanol–water partition coefficient (Wildman–Crippen LogP) is 2.48. The fourth-order valence-corrected chi connectivity index (χ4v) is 2.62. The van der Waals surface area contributed by atoms with E-state index in [0.29, 0.717) is 5.69 Å². The predicted molar refractivity (Wildman–Crippen MR) is 111 cm³/mol. The summed E-state index contributed by atoms with van der Waals surface area (Å²) in [7, 11) is 2.94. The molecule has 28 heavy (non-hydrogen) atoms. The second kappa shape index (κ2) is 8.22. The first-order chi connectivity index (χ1) is 13.4. The van der Waals surface area contributed by atoms with Gasteiger partial charge in [0.15, 0.2) is 0 Å². The minimum atomic E-state index is -0.455. The largest absolute Gasteiger partial charge is 0.356 e. The molecule has 0 aliphatic heterocycles. The highest BCUT2D eigenvalue weighted by molar-refractivity contribution is 6.01. The SMILES string of the molecule is Cn1cc(/C=C/C(=O)Nc2ccc(Nc3ccccc3)cc2)c(=O)n(C)c1=O. The third-order valence-corrected chi connectivity index (χ3v) is 4.10. The molecule has 3 rings (SSSR count). The molecule has 7 nitrogen and oxygen atoms in total. The molecule has 1 heterocycles. The topological polar surface area (TPSA) is 85.1 Å². The number of nitrogens with one attached hydrogen (secondary N) is 2. The zero-order chi connectivity index (χ0) is 20.1. The van der Waals surface area contributed by atoms with Crippen LogP contribution >= 0.6 is 0 Å². The molecule has 0 aliphatic carbocycles. The minimum Gasteiger partial charge on any atom is -0.356 e. The van der Waals surface area contributed by atoms with Gasteiger partial charge in [-0.3, -0.25) is 14.2 Å². The van der Waals surface area contributed by atoms with Gasteiger partial charge in [-0.1, -0.05) is 18.2 Å². The molecular weight excluding hydrogens is 356 g/mol. The normalized spacial score (nSPS) is 10.8. The van der Waals surface area contributed by atoms with E-state index in [4.69, 9.17) is 0 Å². The van der Waals surface area contributed by atoms with Crippen LogP contribution in [-0.4, -0.2) is 15.0 Å². The summed E-state index contributed by atoms with van der Waals surface area (Å²) in [6.45, 7) is 0. The van der Waals surface area contributed by atoms with Crippen molar-refractivity contribution in [3.05, 3.63) is 93.3 Å². The molecule has 7 heteroatoms. The van der Waals surface area contributed by atoms with Crippen LogP contribution in [0.2, 0.25) is 0 Å². The van der Waals surface area contributed by atoms with E-state index >= 15 is 0 Å². The first kappa shape index (κ1) is 18.9. The van der Waals surface area contributed by atoms with Crippen LogP contribution < -0.4 is 21.9 Å². The summed E-state index contributed by atoms with van der Waals surface area (Å²) >= 11 is 0. The van der Waals surface area contributed by atoms with Crippen LogP contribution in [0.25, 0.3) is 6.08 Å². The molecule has 1 amide bonds. The molecule has 0 atom stereocenters. The van der Waals surface area contributed by atoms with Crippen LogP contribution in [0.15, 0.2) is 76.5 Å². The summed E-state index contributed by atoms with van der Waals surface area (Å²) in [4.78, 5) is 35.9. The Morgan fingerprint density at radius 2 is 1.50 bits per heavy atom. The van der Waals surface area contributed by atoms with Gasteiger partial charge >= 0.3 is 5.69 Å². The molecule has 0 unspecified atom stereocenters. The third kappa shape index (κ3) is 4.45. The fraction of sp³-hybridized carbons (Fsp3) is 0.0952. The Kier molecular flexibility index (Phi) is 5.55. The number of hydrogen-bond donors (Lipinski definition) is 2. The summed E-state index contributed by atoms with van der Waals surface area (Å²) in [5, 5.41) is 5.99. The minimum absolute atomic E-state index is 0.252. The number of carbonyl (C=O) groups excluding carboxylic acids is 1. The quantitative estimate of drug-likeness (QED) is 0.670. The molecule has 0 fully saturated rings. The van der Waals surface area contributed by atoms with E-state index in [1.165, 1.54) is 30.0 Å². The van der Waals surface area contributed by atoms with Gasteiger partial charge in [-0.15, -0.1) is 0 Å². The van der Waals surface area contributed by atoms with Crippen LogP contribution in [0.3, 0.4) is 0 Å². The van der Waals surface area contributed by atoms with E-state index in [2.05, 4.69) is 10.6 Å². The number of aryl methyl sites for hydroxylation is 1. The molecule has 0 spiro atoms. The lowest BCUT2D eigenvalue weighted by Gasteiger charge is -2.08. The van der Waals surface area contributed by atoms with Gasteiger partial charge in [-0.2, -0.15) is 0 Å². The maximum absolute atomic E-state index is 12.1. The lowest BCUT2D eigenvalue weighted by molar-refractivity contribution is -0.111. The fourth-order valence-electron chi connectivity index (χ4n) is 2.62. The van der Waals surface area contributed by atoms with Crippen LogP contribution in [-0.2, 0) is 18.9 Å². The van der Waals surface area contributed by atoms with E-state index in [0.717, 1.165) is 15.9 Å². The maximum Gasteiger partial charge on any atom is 0.330 e. The van der Waals surface area contributed by atoms with Gasteiger partial charge in [-0.05, 0) is 42.5 Å². The van der Waals surface area contributed by atoms with E-state index in [9.17, 15) is 14.4 Å². The number of benzene rings is 2. The first-order valence-electron chi connectivity index (χ1n) is 8.62. The zero-order valence-electron chi connectivity index (χ0n) is 15.5. The van der Waals surface area contributed by atoms with Gasteiger partial charge in [0.2, 0.25) is 5.91 Å². The summed E-state index contributed by atoms with van der Waals surface area (Å²) in [6.07, 6.45) is 4.05. The second-order valence-corrected chi connectivity index (χ2v) is 6.23. The van der Waals surface area contributed by atoms with E-state index in [1.54, 1.807) is 19.2 Å². The number of aromatic nitrogens is 2. The summed E-state index contributed by atoms with van der Waals surface area (Å²) < 4.78 is 2.29. The summed E-state index contributed by atoms with van der Waals surface area (Å²) in [5.74, 6) is -0.375. The van der Waals surface area contributed by atoms with Gasteiger partial charge in [0.25, 0.3) is 5.56 Å². The Morgan fingerprint density at radius 3 is 2.18 bits per heavy atom.